The largest absolute Gasteiger partial charge is 0.465 e. The SMILES string of the molecule is CC(=O)N[C@@H]1C[C@@H](COC(C)=O)[C@H](OC(C)=O)[C@@H](OC(C)=O)[C@H]1OC(C)=O. The molecule has 0 aromatic rings. The molecule has 0 aliphatic heterocycles. The first-order valence-electron chi connectivity index (χ1n) is 8.43. The topological polar surface area (TPSA) is 134 Å². The summed E-state index contributed by atoms with van der Waals surface area (Å²) in [6, 6.07) is -0.733. The van der Waals surface area contributed by atoms with E-state index in [0.29, 0.717) is 0 Å². The molecule has 27 heavy (non-hydrogen) atoms. The molecule has 0 bridgehead atoms. The van der Waals surface area contributed by atoms with Crippen molar-refractivity contribution in [2.75, 3.05) is 6.61 Å². The molecule has 0 unspecified atom stereocenters. The van der Waals surface area contributed by atoms with Gasteiger partial charge < -0.3 is 24.3 Å². The molecular weight excluding hydrogens is 362 g/mol. The average Bonchev–Trinajstić information content (AvgIpc) is 2.49. The summed E-state index contributed by atoms with van der Waals surface area (Å²) in [6.45, 7) is 5.87. The quantitative estimate of drug-likeness (QED) is 0.488. The van der Waals surface area contributed by atoms with Crippen LogP contribution in [0.1, 0.15) is 41.0 Å². The van der Waals surface area contributed by atoms with Gasteiger partial charge in [-0.05, 0) is 6.42 Å². The van der Waals surface area contributed by atoms with Crippen LogP contribution in [-0.2, 0) is 42.9 Å². The summed E-state index contributed by atoms with van der Waals surface area (Å²) in [5, 5.41) is 2.64. The van der Waals surface area contributed by atoms with Gasteiger partial charge in [0.1, 0.15) is 6.10 Å². The number of ether oxygens (including phenoxy) is 4. The fraction of sp³-hybridized carbons (Fsp3) is 0.706. The Kier molecular flexibility index (Phi) is 8.20. The maximum absolute atomic E-state index is 11.6. The highest BCUT2D eigenvalue weighted by Crippen LogP contribution is 2.33. The summed E-state index contributed by atoms with van der Waals surface area (Å²) in [5.41, 5.74) is 0. The molecule has 1 amide bonds. The van der Waals surface area contributed by atoms with Crippen molar-refractivity contribution >= 4 is 29.8 Å². The summed E-state index contributed by atoms with van der Waals surface area (Å²) >= 11 is 0. The number of nitrogens with one attached hydrogen (secondary N) is 1. The average molecular weight is 387 g/mol. The minimum atomic E-state index is -1.18. The molecule has 152 valence electrons. The Morgan fingerprint density at radius 3 is 1.67 bits per heavy atom. The molecule has 0 aromatic heterocycles. The smallest absolute Gasteiger partial charge is 0.303 e. The van der Waals surface area contributed by atoms with E-state index in [4.69, 9.17) is 18.9 Å². The Hall–Kier alpha value is -2.65. The third-order valence-electron chi connectivity index (χ3n) is 3.86. The Morgan fingerprint density at radius 2 is 1.22 bits per heavy atom. The summed E-state index contributed by atoms with van der Waals surface area (Å²) < 4.78 is 20.9. The third kappa shape index (κ3) is 7.24. The molecule has 10 nitrogen and oxygen atoms in total. The van der Waals surface area contributed by atoms with Crippen LogP contribution in [0.2, 0.25) is 0 Å². The van der Waals surface area contributed by atoms with E-state index in [1.165, 1.54) is 27.7 Å². The van der Waals surface area contributed by atoms with Crippen LogP contribution in [0.15, 0.2) is 0 Å². The van der Waals surface area contributed by atoms with Gasteiger partial charge in [-0.3, -0.25) is 24.0 Å². The highest BCUT2D eigenvalue weighted by molar-refractivity contribution is 5.73. The van der Waals surface area contributed by atoms with Crippen molar-refractivity contribution in [1.29, 1.82) is 0 Å². The van der Waals surface area contributed by atoms with Crippen molar-refractivity contribution < 1.29 is 42.9 Å². The molecule has 0 spiro atoms. The van der Waals surface area contributed by atoms with Crippen LogP contribution in [-0.4, -0.2) is 60.7 Å². The number of carbonyl (C=O) groups is 5. The molecule has 0 heterocycles. The number of hydrogen-bond donors (Lipinski definition) is 1. The maximum Gasteiger partial charge on any atom is 0.303 e. The normalized spacial score (nSPS) is 27.1. The van der Waals surface area contributed by atoms with Crippen LogP contribution in [0, 0.1) is 5.92 Å². The van der Waals surface area contributed by atoms with Crippen molar-refractivity contribution in [3.8, 4) is 0 Å². The van der Waals surface area contributed by atoms with E-state index in [9.17, 15) is 24.0 Å². The maximum atomic E-state index is 11.6. The number of rotatable bonds is 6. The predicted octanol–water partition coefficient (Wildman–Crippen LogP) is -0.131. The number of esters is 4. The zero-order chi connectivity index (χ0) is 20.7. The Morgan fingerprint density at radius 1 is 0.741 bits per heavy atom. The summed E-state index contributed by atoms with van der Waals surface area (Å²) in [5.74, 6) is -3.53. The summed E-state index contributed by atoms with van der Waals surface area (Å²) in [7, 11) is 0. The van der Waals surface area contributed by atoms with E-state index in [0.717, 1.165) is 6.92 Å². The lowest BCUT2D eigenvalue weighted by Crippen LogP contribution is -2.62. The van der Waals surface area contributed by atoms with Crippen molar-refractivity contribution in [2.24, 2.45) is 5.92 Å². The first-order valence-corrected chi connectivity index (χ1v) is 8.43. The molecule has 0 saturated heterocycles. The number of hydrogen-bond acceptors (Lipinski definition) is 9. The molecule has 1 aliphatic carbocycles. The van der Waals surface area contributed by atoms with Gasteiger partial charge in [0.2, 0.25) is 5.91 Å². The van der Waals surface area contributed by atoms with Crippen LogP contribution in [0.25, 0.3) is 0 Å². The van der Waals surface area contributed by atoms with Gasteiger partial charge in [0.15, 0.2) is 12.2 Å². The van der Waals surface area contributed by atoms with Crippen LogP contribution in [0.4, 0.5) is 0 Å². The van der Waals surface area contributed by atoms with Crippen LogP contribution in [0.5, 0.6) is 0 Å². The van der Waals surface area contributed by atoms with Crippen LogP contribution < -0.4 is 5.32 Å². The Balaban J connectivity index is 3.29. The first-order chi connectivity index (χ1) is 12.5. The van der Waals surface area contributed by atoms with Gasteiger partial charge in [-0.2, -0.15) is 0 Å². The molecular formula is C17H25NO9. The second kappa shape index (κ2) is 9.89. The van der Waals surface area contributed by atoms with E-state index >= 15 is 0 Å². The van der Waals surface area contributed by atoms with Gasteiger partial charge in [0.05, 0.1) is 12.6 Å². The minimum absolute atomic E-state index is 0.131. The Bertz CT molecular complexity index is 603. The molecule has 0 radical (unpaired) electrons. The van der Waals surface area contributed by atoms with E-state index in [2.05, 4.69) is 5.32 Å². The third-order valence-corrected chi connectivity index (χ3v) is 3.86. The first kappa shape index (κ1) is 22.4. The fourth-order valence-corrected chi connectivity index (χ4v) is 3.09. The minimum Gasteiger partial charge on any atom is -0.465 e. The van der Waals surface area contributed by atoms with Gasteiger partial charge in [-0.15, -0.1) is 0 Å². The van der Waals surface area contributed by atoms with Gasteiger partial charge in [-0.1, -0.05) is 0 Å². The summed E-state index contributed by atoms with van der Waals surface area (Å²) in [6.07, 6.45) is -3.12. The van der Waals surface area contributed by atoms with Gasteiger partial charge >= 0.3 is 23.9 Å². The van der Waals surface area contributed by atoms with E-state index in [1.807, 2.05) is 0 Å². The van der Waals surface area contributed by atoms with Crippen molar-refractivity contribution in [3.05, 3.63) is 0 Å². The zero-order valence-corrected chi connectivity index (χ0v) is 16.0. The van der Waals surface area contributed by atoms with E-state index < -0.39 is 60.1 Å². The lowest BCUT2D eigenvalue weighted by molar-refractivity contribution is -0.203. The molecule has 1 fully saturated rings. The molecule has 1 saturated carbocycles. The van der Waals surface area contributed by atoms with E-state index in [-0.39, 0.29) is 13.0 Å². The predicted molar refractivity (Wildman–Crippen MR) is 89.0 cm³/mol. The van der Waals surface area contributed by atoms with Gasteiger partial charge in [-0.25, -0.2) is 0 Å². The van der Waals surface area contributed by atoms with Crippen LogP contribution in [0.3, 0.4) is 0 Å². The second-order valence-corrected chi connectivity index (χ2v) is 6.33. The van der Waals surface area contributed by atoms with E-state index in [1.54, 1.807) is 0 Å². The molecule has 1 rings (SSSR count). The van der Waals surface area contributed by atoms with Crippen molar-refractivity contribution in [2.45, 2.75) is 65.4 Å². The monoisotopic (exact) mass is 387 g/mol. The zero-order valence-electron chi connectivity index (χ0n) is 16.0. The van der Waals surface area contributed by atoms with Crippen molar-refractivity contribution in [1.82, 2.24) is 5.32 Å². The number of amides is 1. The molecule has 5 atom stereocenters. The van der Waals surface area contributed by atoms with Gasteiger partial charge in [0.25, 0.3) is 0 Å². The number of carbonyl (C=O) groups excluding carboxylic acids is 5. The Labute approximate surface area is 156 Å². The van der Waals surface area contributed by atoms with Crippen LogP contribution >= 0.6 is 0 Å². The molecule has 1 aliphatic rings. The van der Waals surface area contributed by atoms with Crippen molar-refractivity contribution in [3.63, 3.8) is 0 Å². The molecule has 10 heteroatoms. The van der Waals surface area contributed by atoms with Gasteiger partial charge in [0, 0.05) is 40.5 Å². The highest BCUT2D eigenvalue weighted by Gasteiger charge is 2.51. The lowest BCUT2D eigenvalue weighted by atomic mass is 9.79. The highest BCUT2D eigenvalue weighted by atomic mass is 16.6. The summed E-state index contributed by atoms with van der Waals surface area (Å²) in [4.78, 5) is 57.5. The second-order valence-electron chi connectivity index (χ2n) is 6.33. The standard InChI is InChI=1S/C17H25NO9/c1-8(19)18-14-6-13(7-24-9(2)20)15(25-10(3)21)17(27-12(5)23)16(14)26-11(4)22/h13-17H,6-7H2,1-5H3,(H,18,19)/t13-,14+,15-,16-,17+/m0/s1. The molecule has 0 aromatic carbocycles. The lowest BCUT2D eigenvalue weighted by Gasteiger charge is -2.44. The fourth-order valence-electron chi connectivity index (χ4n) is 3.09. The molecule has 1 N–H and O–H groups in total.